The van der Waals surface area contributed by atoms with Crippen molar-refractivity contribution in [2.45, 2.75) is 90.8 Å². The molecule has 0 aromatic heterocycles. The molecule has 1 saturated carbocycles. The fourth-order valence-corrected chi connectivity index (χ4v) is 4.96. The average Bonchev–Trinajstić information content (AvgIpc) is 2.86. The fraction of sp³-hybridized carbons (Fsp3) is 0.667. The summed E-state index contributed by atoms with van der Waals surface area (Å²) in [7, 11) is 0. The van der Waals surface area contributed by atoms with Crippen molar-refractivity contribution >= 4 is 17.8 Å². The molecule has 7 nitrogen and oxygen atoms in total. The molecule has 2 fully saturated rings. The molecule has 34 heavy (non-hydrogen) atoms. The van der Waals surface area contributed by atoms with Gasteiger partial charge < -0.3 is 20.4 Å². The van der Waals surface area contributed by atoms with Crippen LogP contribution < -0.4 is 10.6 Å². The second-order valence-corrected chi connectivity index (χ2v) is 10.00. The van der Waals surface area contributed by atoms with Crippen LogP contribution in [0.15, 0.2) is 24.3 Å². The highest BCUT2D eigenvalue weighted by atomic mass is 16.2. The monoisotopic (exact) mass is 470 g/mol. The Morgan fingerprint density at radius 2 is 1.71 bits per heavy atom. The Kier molecular flexibility index (Phi) is 9.36. The molecule has 3 unspecified atom stereocenters. The van der Waals surface area contributed by atoms with E-state index >= 15 is 0 Å². The molecule has 1 aromatic carbocycles. The summed E-state index contributed by atoms with van der Waals surface area (Å²) in [4.78, 5) is 42.9. The molecule has 1 saturated heterocycles. The van der Waals surface area contributed by atoms with Gasteiger partial charge in [0.2, 0.25) is 5.91 Å². The quantitative estimate of drug-likeness (QED) is 0.633. The van der Waals surface area contributed by atoms with Crippen LogP contribution in [0.5, 0.6) is 0 Å². The van der Waals surface area contributed by atoms with Gasteiger partial charge in [0, 0.05) is 37.3 Å². The highest BCUT2D eigenvalue weighted by Gasteiger charge is 2.35. The Balaban J connectivity index is 1.60. The lowest BCUT2D eigenvalue weighted by Crippen LogP contribution is -2.61. The summed E-state index contributed by atoms with van der Waals surface area (Å²) >= 11 is 0. The van der Waals surface area contributed by atoms with Crippen LogP contribution in [0.4, 0.5) is 4.79 Å². The van der Waals surface area contributed by atoms with Crippen molar-refractivity contribution in [1.29, 1.82) is 0 Å². The molecule has 188 valence electrons. The van der Waals surface area contributed by atoms with Crippen LogP contribution in [0.25, 0.3) is 0 Å². The number of nitrogens with one attached hydrogen (secondary N) is 2. The molecule has 1 heterocycles. The molecule has 2 N–H and O–H groups in total. The van der Waals surface area contributed by atoms with Gasteiger partial charge in [0.05, 0.1) is 0 Å². The number of nitrogens with zero attached hydrogens (tertiary/aromatic N) is 2. The van der Waals surface area contributed by atoms with E-state index in [1.807, 2.05) is 54.8 Å². The normalized spacial score (nSPS) is 21.0. The largest absolute Gasteiger partial charge is 0.340 e. The topological polar surface area (TPSA) is 81.8 Å². The van der Waals surface area contributed by atoms with Gasteiger partial charge in [-0.3, -0.25) is 9.59 Å². The van der Waals surface area contributed by atoms with Gasteiger partial charge in [0.15, 0.2) is 0 Å². The number of piperazine rings is 1. The van der Waals surface area contributed by atoms with Crippen LogP contribution in [-0.4, -0.2) is 65.4 Å². The minimum atomic E-state index is -0.585. The van der Waals surface area contributed by atoms with Crippen molar-refractivity contribution in [2.75, 3.05) is 19.6 Å². The third kappa shape index (κ3) is 6.51. The number of hydrogen-bond donors (Lipinski definition) is 2. The smallest absolute Gasteiger partial charge is 0.317 e. The summed E-state index contributed by atoms with van der Waals surface area (Å²) < 4.78 is 0. The fourth-order valence-electron chi connectivity index (χ4n) is 4.96. The van der Waals surface area contributed by atoms with E-state index in [0.29, 0.717) is 25.2 Å². The van der Waals surface area contributed by atoms with Crippen molar-refractivity contribution in [3.8, 4) is 0 Å². The van der Waals surface area contributed by atoms with E-state index in [-0.39, 0.29) is 35.8 Å². The SMILES string of the molecule is CCc1ccc(C(=O)NC(C(=O)N2CCN(C(=O)NC3CCCCC3)C(C)C2)C(C)CC)cc1. The lowest BCUT2D eigenvalue weighted by atomic mass is 9.95. The molecule has 1 aromatic rings. The minimum Gasteiger partial charge on any atom is -0.340 e. The van der Waals surface area contributed by atoms with Crippen molar-refractivity contribution in [1.82, 2.24) is 20.4 Å². The molecule has 1 aliphatic carbocycles. The standard InChI is InChI=1S/C27H42N4O3/c1-5-19(3)24(29-25(32)22-14-12-21(6-2)13-15-22)26(33)30-16-17-31(20(4)18-30)27(34)28-23-10-8-7-9-11-23/h12-15,19-20,23-24H,5-11,16-18H2,1-4H3,(H,28,34)(H,29,32). The van der Waals surface area contributed by atoms with Crippen LogP contribution >= 0.6 is 0 Å². The third-order valence-electron chi connectivity index (χ3n) is 7.52. The Bertz CT molecular complexity index is 835. The van der Waals surface area contributed by atoms with E-state index in [0.717, 1.165) is 25.7 Å². The molecule has 3 atom stereocenters. The maximum Gasteiger partial charge on any atom is 0.317 e. The molecular weight excluding hydrogens is 428 g/mol. The average molecular weight is 471 g/mol. The number of hydrogen-bond acceptors (Lipinski definition) is 3. The zero-order chi connectivity index (χ0) is 24.7. The summed E-state index contributed by atoms with van der Waals surface area (Å²) in [6, 6.07) is 7.13. The molecular formula is C27H42N4O3. The van der Waals surface area contributed by atoms with Gasteiger partial charge in [0.25, 0.3) is 5.91 Å². The molecule has 1 aliphatic heterocycles. The first kappa shape index (κ1) is 26.0. The van der Waals surface area contributed by atoms with Gasteiger partial charge >= 0.3 is 6.03 Å². The summed E-state index contributed by atoms with van der Waals surface area (Å²) in [5.74, 6) is -0.277. The molecule has 7 heteroatoms. The van der Waals surface area contributed by atoms with Crippen molar-refractivity contribution < 1.29 is 14.4 Å². The Morgan fingerprint density at radius 1 is 1.03 bits per heavy atom. The highest BCUT2D eigenvalue weighted by molar-refractivity contribution is 5.97. The van der Waals surface area contributed by atoms with Crippen LogP contribution in [0.3, 0.4) is 0 Å². The van der Waals surface area contributed by atoms with Gasteiger partial charge in [-0.05, 0) is 49.8 Å². The number of rotatable bonds is 7. The first-order chi connectivity index (χ1) is 16.3. The van der Waals surface area contributed by atoms with Crippen molar-refractivity contribution in [3.63, 3.8) is 0 Å². The number of benzene rings is 1. The zero-order valence-electron chi connectivity index (χ0n) is 21.3. The zero-order valence-corrected chi connectivity index (χ0v) is 21.3. The molecule has 4 amide bonds. The molecule has 0 bridgehead atoms. The first-order valence-electron chi connectivity index (χ1n) is 13.1. The summed E-state index contributed by atoms with van der Waals surface area (Å²) in [6.07, 6.45) is 7.40. The van der Waals surface area contributed by atoms with Crippen LogP contribution in [0, 0.1) is 5.92 Å². The summed E-state index contributed by atoms with van der Waals surface area (Å²) in [6.45, 7) is 9.56. The lowest BCUT2D eigenvalue weighted by Gasteiger charge is -2.42. The molecule has 2 aliphatic rings. The molecule has 3 rings (SSSR count). The molecule has 0 spiro atoms. The van der Waals surface area contributed by atoms with E-state index in [1.165, 1.54) is 24.8 Å². The van der Waals surface area contributed by atoms with Crippen LogP contribution in [-0.2, 0) is 11.2 Å². The van der Waals surface area contributed by atoms with Crippen LogP contribution in [0.2, 0.25) is 0 Å². The van der Waals surface area contributed by atoms with E-state index in [2.05, 4.69) is 17.6 Å². The lowest BCUT2D eigenvalue weighted by molar-refractivity contribution is -0.136. The number of urea groups is 1. The van der Waals surface area contributed by atoms with Crippen LogP contribution in [0.1, 0.15) is 82.1 Å². The van der Waals surface area contributed by atoms with E-state index in [4.69, 9.17) is 0 Å². The Hall–Kier alpha value is -2.57. The van der Waals surface area contributed by atoms with E-state index < -0.39 is 6.04 Å². The second kappa shape index (κ2) is 12.2. The molecule has 0 radical (unpaired) electrons. The minimum absolute atomic E-state index is 0.00861. The third-order valence-corrected chi connectivity index (χ3v) is 7.52. The maximum atomic E-state index is 13.5. The Labute approximate surface area is 204 Å². The van der Waals surface area contributed by atoms with Gasteiger partial charge in [-0.25, -0.2) is 4.79 Å². The predicted octanol–water partition coefficient (Wildman–Crippen LogP) is 3.97. The number of aryl methyl sites for hydroxylation is 1. The van der Waals surface area contributed by atoms with Crippen molar-refractivity contribution in [2.24, 2.45) is 5.92 Å². The number of amides is 4. The van der Waals surface area contributed by atoms with Gasteiger partial charge in [-0.2, -0.15) is 0 Å². The maximum absolute atomic E-state index is 13.5. The van der Waals surface area contributed by atoms with E-state index in [9.17, 15) is 14.4 Å². The van der Waals surface area contributed by atoms with E-state index in [1.54, 1.807) is 0 Å². The van der Waals surface area contributed by atoms with Gasteiger partial charge in [-0.15, -0.1) is 0 Å². The van der Waals surface area contributed by atoms with Gasteiger partial charge in [0.1, 0.15) is 6.04 Å². The predicted molar refractivity (Wildman–Crippen MR) is 135 cm³/mol. The summed E-state index contributed by atoms with van der Waals surface area (Å²) in [5, 5.41) is 6.19. The Morgan fingerprint density at radius 3 is 2.29 bits per heavy atom. The summed E-state index contributed by atoms with van der Waals surface area (Å²) in [5.41, 5.74) is 1.74. The van der Waals surface area contributed by atoms with Gasteiger partial charge in [-0.1, -0.05) is 58.6 Å². The number of carbonyl (C=O) groups is 3. The number of carbonyl (C=O) groups excluding carboxylic acids is 3. The highest BCUT2D eigenvalue weighted by Crippen LogP contribution is 2.20. The second-order valence-electron chi connectivity index (χ2n) is 10.00. The first-order valence-corrected chi connectivity index (χ1v) is 13.1. The van der Waals surface area contributed by atoms with Crippen molar-refractivity contribution in [3.05, 3.63) is 35.4 Å².